The maximum Gasteiger partial charge on any atom is 0.471 e. The molecule has 0 unspecified atom stereocenters. The lowest BCUT2D eigenvalue weighted by atomic mass is 9.87. The van der Waals surface area contributed by atoms with E-state index >= 15 is 0 Å². The lowest BCUT2D eigenvalue weighted by Gasteiger charge is -2.41. The van der Waals surface area contributed by atoms with Crippen LogP contribution in [-0.4, -0.2) is 40.1 Å². The van der Waals surface area contributed by atoms with Crippen LogP contribution >= 0.6 is 0 Å². The molecule has 1 rings (SSSR count). The molecule has 0 aromatic carbocycles. The van der Waals surface area contributed by atoms with Gasteiger partial charge in [-0.05, 0) is 25.7 Å². The molecular formula is C10H14F3NO3. The second-order valence-electron chi connectivity index (χ2n) is 4.49. The first kappa shape index (κ1) is 13.8. The van der Waals surface area contributed by atoms with Crippen molar-refractivity contribution >= 4 is 11.9 Å². The van der Waals surface area contributed by atoms with Gasteiger partial charge in [-0.3, -0.25) is 4.79 Å². The van der Waals surface area contributed by atoms with Gasteiger partial charge in [0.2, 0.25) is 0 Å². The van der Waals surface area contributed by atoms with Crippen molar-refractivity contribution in [1.82, 2.24) is 4.90 Å². The molecule has 0 bridgehead atoms. The Hall–Kier alpha value is -1.27. The molecule has 0 aromatic heterocycles. The van der Waals surface area contributed by atoms with Crippen molar-refractivity contribution in [1.29, 1.82) is 0 Å². The number of carbonyl (C=O) groups excluding carboxylic acids is 1. The Bertz CT molecular complexity index is 329. The minimum Gasteiger partial charge on any atom is -0.480 e. The van der Waals surface area contributed by atoms with E-state index in [0.29, 0.717) is 11.3 Å². The predicted octanol–water partition coefficient (Wildman–Crippen LogP) is 1.65. The molecule has 0 aliphatic carbocycles. The summed E-state index contributed by atoms with van der Waals surface area (Å²) in [5.41, 5.74) is 0. The van der Waals surface area contributed by atoms with Gasteiger partial charge in [0.25, 0.3) is 0 Å². The maximum absolute atomic E-state index is 12.4. The largest absolute Gasteiger partial charge is 0.480 e. The summed E-state index contributed by atoms with van der Waals surface area (Å²) in [6, 6.07) is -2.10. The zero-order chi connectivity index (χ0) is 13.4. The first-order valence-electron chi connectivity index (χ1n) is 5.27. The number of amides is 1. The second kappa shape index (κ2) is 4.54. The number of carbonyl (C=O) groups is 2. The van der Waals surface area contributed by atoms with Gasteiger partial charge in [0.1, 0.15) is 6.04 Å². The smallest absolute Gasteiger partial charge is 0.471 e. The number of aliphatic carboxylic acids is 1. The number of nitrogens with zero attached hydrogens (tertiary/aromatic N) is 1. The van der Waals surface area contributed by atoms with Crippen molar-refractivity contribution in [3.63, 3.8) is 0 Å². The number of rotatable bonds is 1. The molecule has 1 aliphatic heterocycles. The minimum atomic E-state index is -5.03. The summed E-state index contributed by atoms with van der Waals surface area (Å²) in [4.78, 5) is 22.6. The highest BCUT2D eigenvalue weighted by Crippen LogP contribution is 2.31. The lowest BCUT2D eigenvalue weighted by Crippen LogP contribution is -2.57. The first-order chi connectivity index (χ1) is 7.64. The molecule has 1 heterocycles. The molecule has 7 heteroatoms. The number of hydrogen-bond acceptors (Lipinski definition) is 2. The van der Waals surface area contributed by atoms with Crippen molar-refractivity contribution < 1.29 is 27.9 Å². The van der Waals surface area contributed by atoms with Crippen molar-refractivity contribution in [2.45, 2.75) is 44.9 Å². The van der Waals surface area contributed by atoms with E-state index in [9.17, 15) is 22.8 Å². The monoisotopic (exact) mass is 253 g/mol. The van der Waals surface area contributed by atoms with Gasteiger partial charge in [0, 0.05) is 6.04 Å². The summed E-state index contributed by atoms with van der Waals surface area (Å²) in [6.07, 6.45) is -4.59. The van der Waals surface area contributed by atoms with Crippen LogP contribution in [0, 0.1) is 5.92 Å². The molecule has 0 saturated carbocycles. The van der Waals surface area contributed by atoms with Gasteiger partial charge in [-0.2, -0.15) is 13.2 Å². The molecule has 98 valence electrons. The first-order valence-corrected chi connectivity index (χ1v) is 5.27. The fourth-order valence-electron chi connectivity index (χ4n) is 2.30. The summed E-state index contributed by atoms with van der Waals surface area (Å²) in [5, 5.41) is 8.90. The van der Waals surface area contributed by atoms with Crippen LogP contribution < -0.4 is 0 Å². The molecule has 3 atom stereocenters. The Morgan fingerprint density at radius 1 is 1.24 bits per heavy atom. The highest BCUT2D eigenvalue weighted by molar-refractivity contribution is 5.87. The molecule has 1 N–H and O–H groups in total. The zero-order valence-corrected chi connectivity index (χ0v) is 9.49. The Morgan fingerprint density at radius 3 is 2.18 bits per heavy atom. The normalized spacial score (nSPS) is 30.2. The van der Waals surface area contributed by atoms with Crippen LogP contribution in [-0.2, 0) is 9.59 Å². The Kier molecular flexibility index (Phi) is 3.68. The average Bonchev–Trinajstić information content (AvgIpc) is 2.13. The van der Waals surface area contributed by atoms with Crippen molar-refractivity contribution in [2.24, 2.45) is 5.92 Å². The van der Waals surface area contributed by atoms with Crippen LogP contribution in [0.3, 0.4) is 0 Å². The highest BCUT2D eigenvalue weighted by atomic mass is 19.4. The van der Waals surface area contributed by atoms with Crippen LogP contribution in [0.4, 0.5) is 13.2 Å². The minimum absolute atomic E-state index is 0.0108. The molecular weight excluding hydrogens is 239 g/mol. The number of hydrogen-bond donors (Lipinski definition) is 1. The SMILES string of the molecule is C[C@H]1C[C@@H](C)N(C(=O)C(F)(F)F)[C@@H](C(=O)O)C1. The summed E-state index contributed by atoms with van der Waals surface area (Å²) >= 11 is 0. The summed E-state index contributed by atoms with van der Waals surface area (Å²) in [6.45, 7) is 3.21. The van der Waals surface area contributed by atoms with Gasteiger partial charge in [0.05, 0.1) is 0 Å². The topological polar surface area (TPSA) is 57.6 Å². The number of piperidine rings is 1. The number of alkyl halides is 3. The quantitative estimate of drug-likeness (QED) is 0.773. The fourth-order valence-corrected chi connectivity index (χ4v) is 2.30. The van der Waals surface area contributed by atoms with E-state index in [2.05, 4.69) is 0 Å². The molecule has 1 aliphatic rings. The van der Waals surface area contributed by atoms with Crippen LogP contribution in [0.5, 0.6) is 0 Å². The molecule has 0 radical (unpaired) electrons. The van der Waals surface area contributed by atoms with Crippen LogP contribution in [0.2, 0.25) is 0 Å². The average molecular weight is 253 g/mol. The third-order valence-electron chi connectivity index (χ3n) is 2.94. The van der Waals surface area contributed by atoms with E-state index in [1.807, 2.05) is 0 Å². The standard InChI is InChI=1S/C10H14F3NO3/c1-5-3-6(2)14(7(4-5)8(15)16)9(17)10(11,12)13/h5-7H,3-4H2,1-2H3,(H,15,16)/t5-,6+,7+/m0/s1. The Labute approximate surface area is 96.4 Å². The molecule has 17 heavy (non-hydrogen) atoms. The third kappa shape index (κ3) is 2.89. The van der Waals surface area contributed by atoms with E-state index in [1.54, 1.807) is 6.92 Å². The Morgan fingerprint density at radius 2 is 1.76 bits per heavy atom. The molecule has 1 amide bonds. The van der Waals surface area contributed by atoms with Gasteiger partial charge in [-0.25, -0.2) is 4.79 Å². The fraction of sp³-hybridized carbons (Fsp3) is 0.800. The lowest BCUT2D eigenvalue weighted by molar-refractivity contribution is -0.195. The highest BCUT2D eigenvalue weighted by Gasteiger charge is 2.49. The Balaban J connectivity index is 3.00. The van der Waals surface area contributed by atoms with Gasteiger partial charge in [-0.15, -0.1) is 0 Å². The summed E-state index contributed by atoms with van der Waals surface area (Å²) in [7, 11) is 0. The zero-order valence-electron chi connectivity index (χ0n) is 9.49. The van der Waals surface area contributed by atoms with Crippen LogP contribution in [0.25, 0.3) is 0 Å². The number of likely N-dealkylation sites (tertiary alicyclic amines) is 1. The third-order valence-corrected chi connectivity index (χ3v) is 2.94. The van der Waals surface area contributed by atoms with E-state index < -0.39 is 30.1 Å². The number of carboxylic acids is 1. The van der Waals surface area contributed by atoms with Gasteiger partial charge in [0.15, 0.2) is 0 Å². The second-order valence-corrected chi connectivity index (χ2v) is 4.49. The van der Waals surface area contributed by atoms with Crippen molar-refractivity contribution in [3.05, 3.63) is 0 Å². The van der Waals surface area contributed by atoms with E-state index in [-0.39, 0.29) is 12.3 Å². The molecule has 0 aromatic rings. The van der Waals surface area contributed by atoms with Crippen molar-refractivity contribution in [3.8, 4) is 0 Å². The van der Waals surface area contributed by atoms with Crippen LogP contribution in [0.15, 0.2) is 0 Å². The van der Waals surface area contributed by atoms with E-state index in [4.69, 9.17) is 5.11 Å². The van der Waals surface area contributed by atoms with Gasteiger partial charge < -0.3 is 10.0 Å². The molecule has 0 spiro atoms. The predicted molar refractivity (Wildman–Crippen MR) is 52.2 cm³/mol. The van der Waals surface area contributed by atoms with Crippen molar-refractivity contribution in [2.75, 3.05) is 0 Å². The van der Waals surface area contributed by atoms with E-state index in [1.165, 1.54) is 6.92 Å². The number of carboxylic acid groups (broad SMARTS) is 1. The van der Waals surface area contributed by atoms with E-state index in [0.717, 1.165) is 0 Å². The van der Waals surface area contributed by atoms with Gasteiger partial charge >= 0.3 is 18.1 Å². The number of halogens is 3. The van der Waals surface area contributed by atoms with Gasteiger partial charge in [-0.1, -0.05) is 6.92 Å². The maximum atomic E-state index is 12.4. The molecule has 1 saturated heterocycles. The molecule has 1 fully saturated rings. The summed E-state index contributed by atoms with van der Waals surface area (Å²) < 4.78 is 37.1. The van der Waals surface area contributed by atoms with Crippen LogP contribution in [0.1, 0.15) is 26.7 Å². The summed E-state index contributed by atoms with van der Waals surface area (Å²) in [5.74, 6) is -3.46. The molecule has 4 nitrogen and oxygen atoms in total.